The Morgan fingerprint density at radius 1 is 1.36 bits per heavy atom. The molecule has 1 rings (SSSR count). The monoisotopic (exact) mass is 166 g/mol. The van der Waals surface area contributed by atoms with Crippen LogP contribution >= 0.6 is 0 Å². The largest absolute Gasteiger partial charge is 0.410 e. The van der Waals surface area contributed by atoms with Crippen molar-refractivity contribution in [1.29, 1.82) is 0 Å². The summed E-state index contributed by atoms with van der Waals surface area (Å²) in [5, 5.41) is 0. The number of rotatable bonds is 2. The quantitative estimate of drug-likeness (QED) is 0.682. The van der Waals surface area contributed by atoms with E-state index in [0.29, 0.717) is 0 Å². The van der Waals surface area contributed by atoms with Gasteiger partial charge in [-0.1, -0.05) is 19.6 Å². The summed E-state index contributed by atoms with van der Waals surface area (Å²) in [4.78, 5) is 7.49. The number of nitrogens with zero attached hydrogens (tertiary/aromatic N) is 1. The van der Waals surface area contributed by atoms with Crippen LogP contribution in [0.3, 0.4) is 0 Å². The van der Waals surface area contributed by atoms with Gasteiger partial charge in [-0.25, -0.2) is 0 Å². The predicted molar refractivity (Wildman–Crippen MR) is 51.2 cm³/mol. The Hall–Kier alpha value is -0.833. The zero-order chi connectivity index (χ0) is 8.32. The number of aromatic nitrogens is 1. The molecule has 60 valence electrons. The average Bonchev–Trinajstić information content (AvgIpc) is 1.85. The van der Waals surface area contributed by atoms with Crippen molar-refractivity contribution in [2.24, 2.45) is 0 Å². The van der Waals surface area contributed by atoms with Crippen LogP contribution < -0.4 is 4.98 Å². The summed E-state index contributed by atoms with van der Waals surface area (Å²) in [6, 6.07) is 3.99. The minimum atomic E-state index is -1.19. The van der Waals surface area contributed by atoms with Crippen LogP contribution in [0.15, 0.2) is 24.5 Å². The highest BCUT2D eigenvalue weighted by atomic mass is 28.3. The van der Waals surface area contributed by atoms with Crippen LogP contribution in [0, 0.1) is 0 Å². The van der Waals surface area contributed by atoms with E-state index in [4.69, 9.17) is 0 Å². The van der Waals surface area contributed by atoms with Crippen molar-refractivity contribution in [1.82, 2.24) is 4.98 Å². The van der Waals surface area contributed by atoms with Crippen LogP contribution in [0.25, 0.3) is 0 Å². The van der Waals surface area contributed by atoms with Crippen molar-refractivity contribution in [3.8, 4) is 0 Å². The van der Waals surface area contributed by atoms with E-state index in [9.17, 15) is 0 Å². The van der Waals surface area contributed by atoms with Gasteiger partial charge in [0.1, 0.15) is 8.24 Å². The fourth-order valence-electron chi connectivity index (χ4n) is 0.870. The molecule has 1 N–H and O–H groups in total. The minimum absolute atomic E-state index is 1.13. The molecule has 0 aromatic carbocycles. The van der Waals surface area contributed by atoms with Crippen LogP contribution in [0.4, 0.5) is 5.69 Å². The molecule has 1 aromatic rings. The highest BCUT2D eigenvalue weighted by Crippen LogP contribution is 2.09. The lowest BCUT2D eigenvalue weighted by molar-refractivity contribution is 1.33. The Bertz CT molecular complexity index is 215. The summed E-state index contributed by atoms with van der Waals surface area (Å²) in [6.07, 6.45) is 3.65. The molecule has 0 aliphatic carbocycles. The second kappa shape index (κ2) is 3.05. The number of pyridine rings is 1. The van der Waals surface area contributed by atoms with E-state index in [0.717, 1.165) is 5.69 Å². The van der Waals surface area contributed by atoms with Crippen LogP contribution in [0.5, 0.6) is 0 Å². The van der Waals surface area contributed by atoms with Gasteiger partial charge in [0.2, 0.25) is 0 Å². The van der Waals surface area contributed by atoms with Gasteiger partial charge in [0.05, 0.1) is 0 Å². The van der Waals surface area contributed by atoms with Gasteiger partial charge >= 0.3 is 0 Å². The second-order valence-electron chi connectivity index (χ2n) is 3.62. The molecular formula is C8H14N2Si. The van der Waals surface area contributed by atoms with Crippen LogP contribution in [-0.2, 0) is 0 Å². The Balaban J connectivity index is 2.66. The van der Waals surface area contributed by atoms with Gasteiger partial charge in [0, 0.05) is 18.1 Å². The molecule has 2 nitrogen and oxygen atoms in total. The molecule has 0 atom stereocenters. The molecule has 0 radical (unpaired) electrons. The zero-order valence-corrected chi connectivity index (χ0v) is 8.26. The number of anilines is 1. The van der Waals surface area contributed by atoms with E-state index in [-0.39, 0.29) is 0 Å². The van der Waals surface area contributed by atoms with E-state index in [1.807, 2.05) is 18.3 Å². The zero-order valence-electron chi connectivity index (χ0n) is 7.26. The molecule has 1 aromatic heterocycles. The first-order chi connectivity index (χ1) is 5.08. The van der Waals surface area contributed by atoms with Crippen molar-refractivity contribution >= 4 is 13.9 Å². The average molecular weight is 166 g/mol. The Labute approximate surface area is 68.8 Å². The molecule has 0 unspecified atom stereocenters. The Morgan fingerprint density at radius 2 is 2.09 bits per heavy atom. The highest BCUT2D eigenvalue weighted by molar-refractivity contribution is 6.79. The molecule has 0 saturated carbocycles. The first kappa shape index (κ1) is 8.27. The fraction of sp³-hybridized carbons (Fsp3) is 0.375. The fourth-order valence-corrected chi connectivity index (χ4v) is 1.88. The van der Waals surface area contributed by atoms with Crippen LogP contribution in [0.2, 0.25) is 19.6 Å². The van der Waals surface area contributed by atoms with Gasteiger partial charge in [0.25, 0.3) is 0 Å². The van der Waals surface area contributed by atoms with E-state index in [2.05, 4.69) is 29.6 Å². The van der Waals surface area contributed by atoms with Crippen molar-refractivity contribution in [3.05, 3.63) is 24.5 Å². The number of hydrogen-bond donors (Lipinski definition) is 1. The van der Waals surface area contributed by atoms with Crippen LogP contribution in [0.1, 0.15) is 0 Å². The number of nitrogens with one attached hydrogen (secondary N) is 1. The van der Waals surface area contributed by atoms with Crippen molar-refractivity contribution in [2.75, 3.05) is 4.98 Å². The lowest BCUT2D eigenvalue weighted by atomic mass is 10.4. The molecule has 1 heterocycles. The Morgan fingerprint density at radius 3 is 2.55 bits per heavy atom. The maximum Gasteiger partial charge on any atom is 0.144 e. The topological polar surface area (TPSA) is 24.9 Å². The van der Waals surface area contributed by atoms with Gasteiger partial charge in [-0.15, -0.1) is 0 Å². The second-order valence-corrected chi connectivity index (χ2v) is 8.37. The third kappa shape index (κ3) is 3.18. The molecule has 0 bridgehead atoms. The molecule has 0 fully saturated rings. The normalized spacial score (nSPS) is 11.2. The third-order valence-corrected chi connectivity index (χ3v) is 2.22. The molecule has 0 aliphatic heterocycles. The predicted octanol–water partition coefficient (Wildman–Crippen LogP) is 2.33. The van der Waals surface area contributed by atoms with Crippen molar-refractivity contribution in [3.63, 3.8) is 0 Å². The van der Waals surface area contributed by atoms with Gasteiger partial charge in [-0.3, -0.25) is 4.98 Å². The van der Waals surface area contributed by atoms with Crippen LogP contribution in [-0.4, -0.2) is 13.2 Å². The van der Waals surface area contributed by atoms with Crippen molar-refractivity contribution in [2.45, 2.75) is 19.6 Å². The molecule has 0 amide bonds. The molecule has 3 heteroatoms. The van der Waals surface area contributed by atoms with Crippen molar-refractivity contribution < 1.29 is 0 Å². The minimum Gasteiger partial charge on any atom is -0.410 e. The summed E-state index contributed by atoms with van der Waals surface area (Å²) < 4.78 is 0. The summed E-state index contributed by atoms with van der Waals surface area (Å²) in [7, 11) is -1.19. The smallest absolute Gasteiger partial charge is 0.144 e. The highest BCUT2D eigenvalue weighted by Gasteiger charge is 2.11. The molecule has 11 heavy (non-hydrogen) atoms. The van der Waals surface area contributed by atoms with E-state index in [1.54, 1.807) is 6.20 Å². The maximum atomic E-state index is 4.03. The summed E-state index contributed by atoms with van der Waals surface area (Å²) in [5.74, 6) is 0. The summed E-state index contributed by atoms with van der Waals surface area (Å²) in [6.45, 7) is 6.79. The standard InChI is InChI=1S/C8H14N2Si/c1-11(2,3)10-8-5-4-6-9-7-8/h4-7,10H,1-3H3. The SMILES string of the molecule is C[Si](C)(C)Nc1cccnc1. The van der Waals surface area contributed by atoms with E-state index >= 15 is 0 Å². The van der Waals surface area contributed by atoms with Gasteiger partial charge in [-0.2, -0.15) is 0 Å². The van der Waals surface area contributed by atoms with Gasteiger partial charge in [0.15, 0.2) is 0 Å². The Kier molecular flexibility index (Phi) is 2.29. The maximum absolute atomic E-state index is 4.03. The van der Waals surface area contributed by atoms with E-state index in [1.165, 1.54) is 0 Å². The van der Waals surface area contributed by atoms with Gasteiger partial charge < -0.3 is 4.98 Å². The molecule has 0 saturated heterocycles. The third-order valence-electron chi connectivity index (χ3n) is 1.18. The molecular weight excluding hydrogens is 152 g/mol. The van der Waals surface area contributed by atoms with E-state index < -0.39 is 8.24 Å². The summed E-state index contributed by atoms with van der Waals surface area (Å²) >= 11 is 0. The lowest BCUT2D eigenvalue weighted by Gasteiger charge is -2.18. The lowest BCUT2D eigenvalue weighted by Crippen LogP contribution is -2.32. The molecule has 0 spiro atoms. The number of hydrogen-bond acceptors (Lipinski definition) is 2. The summed E-state index contributed by atoms with van der Waals surface area (Å²) in [5.41, 5.74) is 1.13. The van der Waals surface area contributed by atoms with Gasteiger partial charge in [-0.05, 0) is 12.1 Å². The first-order valence-electron chi connectivity index (χ1n) is 3.76. The first-order valence-corrected chi connectivity index (χ1v) is 7.26. The molecule has 0 aliphatic rings.